The van der Waals surface area contributed by atoms with Gasteiger partial charge in [-0.15, -0.1) is 0 Å². The number of phenols is 1. The van der Waals surface area contributed by atoms with Gasteiger partial charge in [0, 0.05) is 31.9 Å². The van der Waals surface area contributed by atoms with Crippen molar-refractivity contribution in [3.8, 4) is 17.1 Å². The maximum Gasteiger partial charge on any atom is 0.229 e. The molecular formula is C19H22N4O3. The van der Waals surface area contributed by atoms with Crippen LogP contribution in [0, 0.1) is 12.8 Å². The normalized spacial score (nSPS) is 23.1. The highest BCUT2D eigenvalue weighted by Crippen LogP contribution is 2.29. The van der Waals surface area contributed by atoms with Crippen molar-refractivity contribution in [3.05, 3.63) is 36.0 Å². The number of carbonyl (C=O) groups is 1. The number of hydrogen-bond acceptors (Lipinski definition) is 6. The van der Waals surface area contributed by atoms with Crippen molar-refractivity contribution in [3.63, 3.8) is 0 Å². The standard InChI is InChI=1S/C19H22N4O3/c1-12-7-17(21-18(20-12)15-5-3-4-6-16(15)24)23-8-13-10-26-11-14(9-23)22(2)19(13)25/h3-7,13-14,24H,8-11H2,1-2H3/t13-,14+/m1/s1. The summed E-state index contributed by atoms with van der Waals surface area (Å²) >= 11 is 0. The number of carbonyl (C=O) groups excluding carboxylic acids is 1. The number of likely N-dealkylation sites (N-methyl/N-ethyl adjacent to an activating group) is 1. The molecule has 0 unspecified atom stereocenters. The third kappa shape index (κ3) is 2.99. The topological polar surface area (TPSA) is 78.8 Å². The number of anilines is 1. The van der Waals surface area contributed by atoms with Gasteiger partial charge in [0.15, 0.2) is 5.82 Å². The predicted octanol–water partition coefficient (Wildman–Crippen LogP) is 1.45. The van der Waals surface area contributed by atoms with Crippen LogP contribution in [-0.4, -0.2) is 65.3 Å². The summed E-state index contributed by atoms with van der Waals surface area (Å²) in [6.45, 7) is 4.11. The van der Waals surface area contributed by atoms with E-state index in [0.717, 1.165) is 11.5 Å². The average Bonchev–Trinajstić information content (AvgIpc) is 2.80. The van der Waals surface area contributed by atoms with Gasteiger partial charge in [-0.1, -0.05) is 12.1 Å². The summed E-state index contributed by atoms with van der Waals surface area (Å²) < 4.78 is 5.66. The van der Waals surface area contributed by atoms with Crippen molar-refractivity contribution in [2.24, 2.45) is 5.92 Å². The van der Waals surface area contributed by atoms with Gasteiger partial charge >= 0.3 is 0 Å². The molecule has 0 saturated carbocycles. The van der Waals surface area contributed by atoms with Crippen molar-refractivity contribution >= 4 is 11.7 Å². The Morgan fingerprint density at radius 2 is 2.00 bits per heavy atom. The Balaban J connectivity index is 1.72. The molecule has 7 nitrogen and oxygen atoms in total. The largest absolute Gasteiger partial charge is 0.507 e. The summed E-state index contributed by atoms with van der Waals surface area (Å²) in [7, 11) is 1.84. The summed E-state index contributed by atoms with van der Waals surface area (Å²) in [5.41, 5.74) is 1.42. The lowest BCUT2D eigenvalue weighted by atomic mass is 10.1. The Morgan fingerprint density at radius 3 is 2.81 bits per heavy atom. The van der Waals surface area contributed by atoms with Crippen molar-refractivity contribution in [2.75, 3.05) is 38.3 Å². The fourth-order valence-corrected chi connectivity index (χ4v) is 3.58. The van der Waals surface area contributed by atoms with Crippen molar-refractivity contribution in [1.82, 2.24) is 14.9 Å². The van der Waals surface area contributed by atoms with Crippen LogP contribution in [0.3, 0.4) is 0 Å². The zero-order valence-corrected chi connectivity index (χ0v) is 14.9. The van der Waals surface area contributed by atoms with Gasteiger partial charge in [-0.3, -0.25) is 4.79 Å². The number of hydrogen-bond donors (Lipinski definition) is 1. The van der Waals surface area contributed by atoms with Crippen LogP contribution in [0.25, 0.3) is 11.4 Å². The molecule has 4 rings (SSSR count). The first-order valence-electron chi connectivity index (χ1n) is 8.76. The molecule has 7 heteroatoms. The predicted molar refractivity (Wildman–Crippen MR) is 96.9 cm³/mol. The lowest BCUT2D eigenvalue weighted by Gasteiger charge is -2.30. The van der Waals surface area contributed by atoms with E-state index in [-0.39, 0.29) is 23.6 Å². The Labute approximate surface area is 152 Å². The molecule has 1 aromatic carbocycles. The maximum atomic E-state index is 12.6. The molecule has 2 aromatic rings. The summed E-state index contributed by atoms with van der Waals surface area (Å²) in [5, 5.41) is 10.1. The highest BCUT2D eigenvalue weighted by atomic mass is 16.5. The number of phenolic OH excluding ortho intramolecular Hbond substituents is 1. The van der Waals surface area contributed by atoms with Gasteiger partial charge in [-0.05, 0) is 19.1 Å². The van der Waals surface area contributed by atoms with Crippen LogP contribution in [0.1, 0.15) is 5.69 Å². The Bertz CT molecular complexity index is 841. The number of benzene rings is 1. The van der Waals surface area contributed by atoms with E-state index in [9.17, 15) is 9.90 Å². The van der Waals surface area contributed by atoms with Crippen LogP contribution < -0.4 is 4.90 Å². The number of rotatable bonds is 2. The molecule has 2 aliphatic rings. The van der Waals surface area contributed by atoms with Crippen LogP contribution in [-0.2, 0) is 9.53 Å². The van der Waals surface area contributed by atoms with Gasteiger partial charge in [0.1, 0.15) is 11.6 Å². The van der Waals surface area contributed by atoms with Crippen LogP contribution in [0.2, 0.25) is 0 Å². The summed E-state index contributed by atoms with van der Waals surface area (Å²) in [6.07, 6.45) is 0. The molecule has 0 radical (unpaired) electrons. The Hall–Kier alpha value is -2.67. The molecular weight excluding hydrogens is 332 g/mol. The lowest BCUT2D eigenvalue weighted by Crippen LogP contribution is -2.43. The van der Waals surface area contributed by atoms with Gasteiger partial charge in [0.25, 0.3) is 0 Å². The third-order valence-electron chi connectivity index (χ3n) is 5.06. The number of para-hydroxylation sites is 1. The van der Waals surface area contributed by atoms with Crippen molar-refractivity contribution in [1.29, 1.82) is 0 Å². The third-order valence-corrected chi connectivity index (χ3v) is 5.06. The quantitative estimate of drug-likeness (QED) is 0.879. The molecule has 1 aromatic heterocycles. The second-order valence-corrected chi connectivity index (χ2v) is 6.95. The monoisotopic (exact) mass is 354 g/mol. The number of aromatic hydroxyl groups is 1. The van der Waals surface area contributed by atoms with E-state index in [4.69, 9.17) is 9.72 Å². The average molecular weight is 354 g/mol. The molecule has 0 aliphatic carbocycles. The van der Waals surface area contributed by atoms with E-state index in [2.05, 4.69) is 9.88 Å². The molecule has 2 saturated heterocycles. The summed E-state index contributed by atoms with van der Waals surface area (Å²) in [6, 6.07) is 8.97. The van der Waals surface area contributed by atoms with Gasteiger partial charge in [0.2, 0.25) is 5.91 Å². The Kier molecular flexibility index (Phi) is 4.24. The number of ether oxygens (including phenoxy) is 1. The molecule has 1 amide bonds. The van der Waals surface area contributed by atoms with Crippen LogP contribution in [0.5, 0.6) is 5.75 Å². The Morgan fingerprint density at radius 1 is 1.19 bits per heavy atom. The molecule has 2 atom stereocenters. The van der Waals surface area contributed by atoms with E-state index in [0.29, 0.717) is 37.7 Å². The molecule has 2 fully saturated rings. The first-order chi connectivity index (χ1) is 12.5. The van der Waals surface area contributed by atoms with E-state index in [1.54, 1.807) is 23.1 Å². The van der Waals surface area contributed by atoms with Gasteiger partial charge < -0.3 is 19.6 Å². The number of nitrogens with zero attached hydrogens (tertiary/aromatic N) is 4. The van der Waals surface area contributed by atoms with Gasteiger partial charge in [-0.25, -0.2) is 9.97 Å². The van der Waals surface area contributed by atoms with Crippen LogP contribution in [0.4, 0.5) is 5.82 Å². The number of aryl methyl sites for hydroxylation is 1. The zero-order chi connectivity index (χ0) is 18.3. The molecule has 2 aliphatic heterocycles. The number of aromatic nitrogens is 2. The number of fused-ring (bicyclic) bond motifs is 3. The first-order valence-corrected chi connectivity index (χ1v) is 8.76. The highest BCUT2D eigenvalue weighted by Gasteiger charge is 2.37. The van der Waals surface area contributed by atoms with E-state index < -0.39 is 0 Å². The second-order valence-electron chi connectivity index (χ2n) is 6.95. The molecule has 1 N–H and O–H groups in total. The minimum absolute atomic E-state index is 0.00107. The van der Waals surface area contributed by atoms with Gasteiger partial charge in [-0.2, -0.15) is 0 Å². The minimum Gasteiger partial charge on any atom is -0.507 e. The molecule has 26 heavy (non-hydrogen) atoms. The highest BCUT2D eigenvalue weighted by molar-refractivity contribution is 5.80. The number of amides is 1. The fourth-order valence-electron chi connectivity index (χ4n) is 3.58. The van der Waals surface area contributed by atoms with Crippen molar-refractivity contribution in [2.45, 2.75) is 13.0 Å². The minimum atomic E-state index is -0.198. The molecule has 136 valence electrons. The second kappa shape index (κ2) is 6.57. The van der Waals surface area contributed by atoms with E-state index in [1.165, 1.54) is 0 Å². The summed E-state index contributed by atoms with van der Waals surface area (Å²) in [5.74, 6) is 1.34. The smallest absolute Gasteiger partial charge is 0.229 e. The SMILES string of the molecule is Cc1cc(N2C[C@@H]3COC[C@H](C2)N(C)C3=O)nc(-c2ccccc2O)n1. The van der Waals surface area contributed by atoms with Gasteiger partial charge in [0.05, 0.1) is 30.7 Å². The zero-order valence-electron chi connectivity index (χ0n) is 14.9. The van der Waals surface area contributed by atoms with Crippen LogP contribution >= 0.6 is 0 Å². The first kappa shape index (κ1) is 16.8. The van der Waals surface area contributed by atoms with Crippen molar-refractivity contribution < 1.29 is 14.6 Å². The van der Waals surface area contributed by atoms with E-state index in [1.807, 2.05) is 26.1 Å². The molecule has 3 heterocycles. The molecule has 0 spiro atoms. The lowest BCUT2D eigenvalue weighted by molar-refractivity contribution is -0.133. The fraction of sp³-hybridized carbons (Fsp3) is 0.421. The maximum absolute atomic E-state index is 12.6. The van der Waals surface area contributed by atoms with E-state index >= 15 is 0 Å². The molecule has 2 bridgehead atoms. The summed E-state index contributed by atoms with van der Waals surface area (Å²) in [4.78, 5) is 25.7. The van der Waals surface area contributed by atoms with Crippen LogP contribution in [0.15, 0.2) is 30.3 Å².